The number of rotatable bonds is 11. The van der Waals surface area contributed by atoms with Crippen molar-refractivity contribution in [3.8, 4) is 23.0 Å². The second-order valence-corrected chi connectivity index (χ2v) is 25.0. The van der Waals surface area contributed by atoms with Crippen molar-refractivity contribution in [3.05, 3.63) is 279 Å². The molecule has 3 heterocycles. The first-order chi connectivity index (χ1) is 35.2. The molecule has 0 atom stereocenters. The lowest BCUT2D eigenvalue weighted by molar-refractivity contribution is 0.600. The fourth-order valence-corrected chi connectivity index (χ4v) is 21.6. The van der Waals surface area contributed by atoms with E-state index in [-0.39, 0.29) is 0 Å². The molecule has 13 aromatic rings. The maximum atomic E-state index is 8.72. The van der Waals surface area contributed by atoms with Gasteiger partial charge >= 0.3 is 0 Å². The molecule has 0 bridgehead atoms. The summed E-state index contributed by atoms with van der Waals surface area (Å²) in [6.45, 7) is 0. The Morgan fingerprint density at radius 1 is 0.268 bits per heavy atom. The van der Waals surface area contributed by atoms with Gasteiger partial charge < -0.3 is 4.12 Å². The van der Waals surface area contributed by atoms with Gasteiger partial charge in [0.2, 0.25) is 0 Å². The summed E-state index contributed by atoms with van der Waals surface area (Å²) in [5.41, 5.74) is 5.22. The number of nitrogens with zero attached hydrogens (tertiary/aromatic N) is 4. The van der Waals surface area contributed by atoms with E-state index < -0.39 is 16.6 Å². The molecule has 0 radical (unpaired) electrons. The molecule has 0 fully saturated rings. The van der Waals surface area contributed by atoms with Gasteiger partial charge in [-0.3, -0.25) is 9.13 Å². The van der Waals surface area contributed by atoms with E-state index in [0.29, 0.717) is 5.82 Å². The minimum atomic E-state index is -3.55. The quantitative estimate of drug-likeness (QED) is 0.0959. The third-order valence-electron chi connectivity index (χ3n) is 14.1. The third-order valence-corrected chi connectivity index (χ3v) is 23.4. The van der Waals surface area contributed by atoms with Crippen molar-refractivity contribution in [2.24, 2.45) is 0 Å². The van der Waals surface area contributed by atoms with Crippen LogP contribution in [0, 0.1) is 0 Å². The summed E-state index contributed by atoms with van der Waals surface area (Å²) in [4.78, 5) is 11.2. The average molecular weight is 943 g/mol. The van der Waals surface area contributed by atoms with Gasteiger partial charge in [-0.25, -0.2) is 9.97 Å². The van der Waals surface area contributed by atoms with Crippen LogP contribution in [0.25, 0.3) is 66.6 Å². The number of fused-ring (bicyclic) bond motifs is 6. The van der Waals surface area contributed by atoms with Crippen LogP contribution in [0.3, 0.4) is 0 Å². The van der Waals surface area contributed by atoms with E-state index in [1.165, 1.54) is 37.1 Å². The molecule has 336 valence electrons. The molecule has 3 aromatic heterocycles. The molecule has 10 aromatic carbocycles. The number of hydrogen-bond donors (Lipinski definition) is 0. The van der Waals surface area contributed by atoms with E-state index in [1.807, 2.05) is 0 Å². The first-order valence-corrected chi connectivity index (χ1v) is 28.0. The summed E-state index contributed by atoms with van der Waals surface area (Å²) in [6.07, 6.45) is 0. The predicted octanol–water partition coefficient (Wildman–Crippen LogP) is 11.0. The Kier molecular flexibility index (Phi) is 10.5. The molecule has 0 saturated carbocycles. The highest BCUT2D eigenvalue weighted by atomic mass is 28.4. The van der Waals surface area contributed by atoms with E-state index in [2.05, 4.69) is 288 Å². The first kappa shape index (κ1) is 42.4. The Balaban J connectivity index is 1.11. The molecule has 0 saturated heterocycles. The Hall–Kier alpha value is -8.73. The van der Waals surface area contributed by atoms with Crippen molar-refractivity contribution in [1.82, 2.24) is 19.1 Å². The summed E-state index contributed by atoms with van der Waals surface area (Å²) in [5, 5.41) is 11.6. The van der Waals surface area contributed by atoms with Crippen LogP contribution in [0.5, 0.6) is 0 Å². The van der Waals surface area contributed by atoms with Gasteiger partial charge in [-0.1, -0.05) is 243 Å². The Bertz CT molecular complexity index is 3660. The molecule has 13 rings (SSSR count). The maximum Gasteiger partial charge on any atom is 0.278 e. The van der Waals surface area contributed by atoms with Crippen molar-refractivity contribution in [2.75, 3.05) is 0 Å². The summed E-state index contributed by atoms with van der Waals surface area (Å²) < 4.78 is 13.3. The minimum Gasteiger partial charge on any atom is -0.435 e. The molecule has 0 aliphatic rings. The van der Waals surface area contributed by atoms with Gasteiger partial charge in [-0.2, -0.15) is 0 Å². The number of hydrogen-bond acceptors (Lipinski definition) is 3. The molecule has 0 aliphatic heterocycles. The van der Waals surface area contributed by atoms with Crippen molar-refractivity contribution >= 4 is 91.4 Å². The zero-order valence-electron chi connectivity index (χ0n) is 38.8. The van der Waals surface area contributed by atoms with E-state index in [1.54, 1.807) is 0 Å². The molecular formula is C64H46N4OSi2. The molecule has 0 N–H and O–H groups in total. The molecule has 0 aliphatic carbocycles. The van der Waals surface area contributed by atoms with Crippen LogP contribution in [0.1, 0.15) is 0 Å². The smallest absolute Gasteiger partial charge is 0.278 e. The molecular weight excluding hydrogens is 897 g/mol. The van der Waals surface area contributed by atoms with Crippen LogP contribution in [0.2, 0.25) is 0 Å². The molecule has 0 amide bonds. The van der Waals surface area contributed by atoms with Gasteiger partial charge in [0.05, 0.1) is 22.1 Å². The van der Waals surface area contributed by atoms with Crippen LogP contribution in [-0.4, -0.2) is 35.7 Å². The molecule has 7 heteroatoms. The Morgan fingerprint density at radius 3 is 0.887 bits per heavy atom. The van der Waals surface area contributed by atoms with Gasteiger partial charge in [0, 0.05) is 33.2 Å². The standard InChI is InChI=1S/C64H46N4OSi2/c1-6-26-48(27-7-1)70(49-28-8-2-9-29-49,50-30-10-3-11-31-50)69-71(51-32-12-4-13-33-51,52-34-14-5-15-35-52)53-36-24-25-47(45-53)64-65-62(67-58-41-20-16-37-54(58)55-38-17-21-42-59(55)67)46-63(66-64)68-60-43-22-18-39-56(60)57-40-19-23-44-61(57)68/h1-46H. The van der Waals surface area contributed by atoms with E-state index in [0.717, 1.165) is 54.8 Å². The normalized spacial score (nSPS) is 12.0. The van der Waals surface area contributed by atoms with Gasteiger partial charge in [-0.15, -0.1) is 0 Å². The zero-order valence-corrected chi connectivity index (χ0v) is 40.8. The number of aromatic nitrogens is 4. The van der Waals surface area contributed by atoms with Crippen molar-refractivity contribution in [3.63, 3.8) is 0 Å². The van der Waals surface area contributed by atoms with E-state index >= 15 is 0 Å². The zero-order chi connectivity index (χ0) is 47.2. The van der Waals surface area contributed by atoms with Crippen molar-refractivity contribution in [1.29, 1.82) is 0 Å². The number of para-hydroxylation sites is 4. The summed E-state index contributed by atoms with van der Waals surface area (Å²) in [5.74, 6) is 2.18. The van der Waals surface area contributed by atoms with Gasteiger partial charge in [0.1, 0.15) is 11.6 Å². The number of benzene rings is 10. The fourth-order valence-electron chi connectivity index (χ4n) is 10.9. The highest BCUT2D eigenvalue weighted by molar-refractivity contribution is 7.18. The lowest BCUT2D eigenvalue weighted by atomic mass is 10.2. The van der Waals surface area contributed by atoms with Crippen LogP contribution < -0.4 is 31.1 Å². The highest BCUT2D eigenvalue weighted by Gasteiger charge is 2.53. The van der Waals surface area contributed by atoms with Crippen LogP contribution in [0.4, 0.5) is 0 Å². The lowest BCUT2D eigenvalue weighted by Gasteiger charge is -2.44. The SMILES string of the molecule is c1ccc([Si](O[Si](c2ccccc2)(c2ccccc2)c2cccc(-c3nc(-n4c5ccccc5c5ccccc54)cc(-n4c5ccccc5c5ccccc54)n3)c2)(c2ccccc2)c2ccccc2)cc1. The summed E-state index contributed by atoms with van der Waals surface area (Å²) in [7, 11) is -6.93. The molecule has 0 spiro atoms. The van der Waals surface area contributed by atoms with Crippen LogP contribution in [0.15, 0.2) is 279 Å². The molecule has 0 unspecified atom stereocenters. The topological polar surface area (TPSA) is 44.9 Å². The van der Waals surface area contributed by atoms with Crippen molar-refractivity contribution in [2.45, 2.75) is 0 Å². The fraction of sp³-hybridized carbons (Fsp3) is 0. The van der Waals surface area contributed by atoms with Gasteiger partial charge in [-0.05, 0) is 61.5 Å². The summed E-state index contributed by atoms with van der Waals surface area (Å²) in [6, 6.07) is 100. The predicted molar refractivity (Wildman–Crippen MR) is 299 cm³/mol. The molecule has 5 nitrogen and oxygen atoms in total. The van der Waals surface area contributed by atoms with Crippen LogP contribution in [-0.2, 0) is 4.12 Å². The van der Waals surface area contributed by atoms with E-state index in [9.17, 15) is 0 Å². The first-order valence-electron chi connectivity index (χ1n) is 24.2. The monoisotopic (exact) mass is 942 g/mol. The van der Waals surface area contributed by atoms with Gasteiger partial charge in [0.15, 0.2) is 5.82 Å². The second-order valence-electron chi connectivity index (χ2n) is 18.0. The average Bonchev–Trinajstić information content (AvgIpc) is 3.98. The van der Waals surface area contributed by atoms with Crippen molar-refractivity contribution < 1.29 is 4.12 Å². The Morgan fingerprint density at radius 2 is 0.549 bits per heavy atom. The summed E-state index contributed by atoms with van der Waals surface area (Å²) >= 11 is 0. The second kappa shape index (κ2) is 17.7. The Labute approximate surface area is 414 Å². The maximum absolute atomic E-state index is 8.72. The van der Waals surface area contributed by atoms with E-state index in [4.69, 9.17) is 14.1 Å². The van der Waals surface area contributed by atoms with Gasteiger partial charge in [0.25, 0.3) is 16.6 Å². The lowest BCUT2D eigenvalue weighted by Crippen LogP contribution is -2.81. The van der Waals surface area contributed by atoms with Crippen LogP contribution >= 0.6 is 0 Å². The highest BCUT2D eigenvalue weighted by Crippen LogP contribution is 2.35. The largest absolute Gasteiger partial charge is 0.435 e. The minimum absolute atomic E-state index is 0.616. The third kappa shape index (κ3) is 7.01. The molecule has 71 heavy (non-hydrogen) atoms.